The van der Waals surface area contributed by atoms with Crippen molar-refractivity contribution in [2.45, 2.75) is 64.2 Å². The fraction of sp³-hybridized carbons (Fsp3) is 0.412. The molecule has 2 aromatic carbocycles. The van der Waals surface area contributed by atoms with Crippen LogP contribution in [0.2, 0.25) is 0 Å². The molecule has 38 heavy (non-hydrogen) atoms. The van der Waals surface area contributed by atoms with E-state index < -0.39 is 12.3 Å². The van der Waals surface area contributed by atoms with Crippen LogP contribution in [0, 0.1) is 23.6 Å². The number of hydrogen-bond acceptors (Lipinski definition) is 1. The van der Waals surface area contributed by atoms with Gasteiger partial charge in [-0.3, -0.25) is 0 Å². The fourth-order valence-corrected chi connectivity index (χ4v) is 6.51. The van der Waals surface area contributed by atoms with Crippen molar-refractivity contribution in [3.05, 3.63) is 95.5 Å². The normalized spacial score (nSPS) is 28.0. The predicted molar refractivity (Wildman–Crippen MR) is 150 cm³/mol. The first-order chi connectivity index (χ1) is 18.5. The van der Waals surface area contributed by atoms with Crippen molar-refractivity contribution in [3.63, 3.8) is 0 Å². The van der Waals surface area contributed by atoms with Crippen LogP contribution >= 0.6 is 0 Å². The Morgan fingerprint density at radius 3 is 2.16 bits per heavy atom. The maximum atomic E-state index is 15.3. The summed E-state index contributed by atoms with van der Waals surface area (Å²) in [5, 5.41) is 0. The van der Waals surface area contributed by atoms with Gasteiger partial charge in [-0.1, -0.05) is 60.7 Å². The number of hydrogen-bond donors (Lipinski definition) is 0. The van der Waals surface area contributed by atoms with Gasteiger partial charge in [0.15, 0.2) is 12.3 Å². The standard InChI is InChI=1S/C34H37F3O/c1-3-4-22-5-7-23(8-6-22)24-9-13-26(14-10-24)29-18-17-28(21-31(29)35)25-11-15-27(16-12-25)30-19-20-32(38-2)34(37)33(30)36/h3-4,11-13,15-24,33-34H,5-10,14H2,1-2H3/b4-3+. The Bertz CT molecular complexity index is 1240. The van der Waals surface area contributed by atoms with Gasteiger partial charge in [0.1, 0.15) is 11.6 Å². The summed E-state index contributed by atoms with van der Waals surface area (Å²) in [5.41, 5.74) is 4.30. The molecule has 3 aliphatic carbocycles. The predicted octanol–water partition coefficient (Wildman–Crippen LogP) is 9.66. The third kappa shape index (κ3) is 5.55. The van der Waals surface area contributed by atoms with Crippen LogP contribution in [-0.2, 0) is 4.74 Å². The van der Waals surface area contributed by atoms with E-state index in [9.17, 15) is 8.78 Å². The smallest absolute Gasteiger partial charge is 0.192 e. The Balaban J connectivity index is 1.25. The lowest BCUT2D eigenvalue weighted by Gasteiger charge is -2.35. The lowest BCUT2D eigenvalue weighted by molar-refractivity contribution is 0.152. The highest BCUT2D eigenvalue weighted by molar-refractivity contribution is 5.76. The lowest BCUT2D eigenvalue weighted by Crippen LogP contribution is -2.24. The van der Waals surface area contributed by atoms with E-state index in [0.717, 1.165) is 53.7 Å². The molecule has 4 heteroatoms. The maximum Gasteiger partial charge on any atom is 0.192 e. The second-order valence-corrected chi connectivity index (χ2v) is 10.9. The Kier molecular flexibility index (Phi) is 8.26. The first-order valence-electron chi connectivity index (χ1n) is 13.9. The third-order valence-electron chi connectivity index (χ3n) is 8.75. The van der Waals surface area contributed by atoms with E-state index in [0.29, 0.717) is 11.1 Å². The number of methoxy groups -OCH3 is 1. The largest absolute Gasteiger partial charge is 0.498 e. The lowest BCUT2D eigenvalue weighted by atomic mass is 9.71. The maximum absolute atomic E-state index is 15.3. The summed E-state index contributed by atoms with van der Waals surface area (Å²) in [7, 11) is 1.34. The minimum atomic E-state index is -1.82. The van der Waals surface area contributed by atoms with Gasteiger partial charge in [-0.25, -0.2) is 13.2 Å². The van der Waals surface area contributed by atoms with Crippen LogP contribution in [0.5, 0.6) is 0 Å². The Hall–Kier alpha value is -3.01. The van der Waals surface area contributed by atoms with Crippen LogP contribution in [0.4, 0.5) is 13.2 Å². The van der Waals surface area contributed by atoms with Gasteiger partial charge < -0.3 is 4.74 Å². The second kappa shape index (κ2) is 11.8. The van der Waals surface area contributed by atoms with Crippen LogP contribution < -0.4 is 0 Å². The Morgan fingerprint density at radius 1 is 0.816 bits per heavy atom. The van der Waals surface area contributed by atoms with E-state index in [1.807, 2.05) is 24.3 Å². The second-order valence-electron chi connectivity index (χ2n) is 10.9. The van der Waals surface area contributed by atoms with Crippen LogP contribution in [-0.4, -0.2) is 19.5 Å². The molecule has 5 rings (SSSR count). The molecule has 1 saturated carbocycles. The van der Waals surface area contributed by atoms with E-state index in [1.54, 1.807) is 24.3 Å². The minimum Gasteiger partial charge on any atom is -0.498 e. The molecule has 0 aliphatic heterocycles. The van der Waals surface area contributed by atoms with E-state index >= 15 is 4.39 Å². The fourth-order valence-electron chi connectivity index (χ4n) is 6.51. The highest BCUT2D eigenvalue weighted by Gasteiger charge is 2.32. The summed E-state index contributed by atoms with van der Waals surface area (Å²) in [6.45, 7) is 2.11. The van der Waals surface area contributed by atoms with E-state index in [-0.39, 0.29) is 17.1 Å². The van der Waals surface area contributed by atoms with Crippen LogP contribution in [0.25, 0.3) is 22.3 Å². The van der Waals surface area contributed by atoms with Gasteiger partial charge in [-0.2, -0.15) is 0 Å². The zero-order valence-electron chi connectivity index (χ0n) is 22.3. The highest BCUT2D eigenvalue weighted by Crippen LogP contribution is 2.42. The molecule has 2 aromatic rings. The molecule has 0 heterocycles. The first kappa shape index (κ1) is 26.6. The van der Waals surface area contributed by atoms with Gasteiger partial charge in [0.25, 0.3) is 0 Å². The van der Waals surface area contributed by atoms with E-state index in [2.05, 4.69) is 25.2 Å². The highest BCUT2D eigenvalue weighted by atomic mass is 19.2. The SMILES string of the molecule is C/C=C/C1CCC(C2CC=C(c3ccc(-c4ccc(C5=CC=C(OC)C(F)C5F)cc4)cc3F)CC2)CC1. The Labute approximate surface area is 224 Å². The van der Waals surface area contributed by atoms with Crippen molar-refractivity contribution in [2.75, 3.05) is 7.11 Å². The number of benzene rings is 2. The van der Waals surface area contributed by atoms with Crippen LogP contribution in [0.1, 0.15) is 63.0 Å². The molecule has 3 aliphatic rings. The summed E-state index contributed by atoms with van der Waals surface area (Å²) in [4.78, 5) is 0. The van der Waals surface area contributed by atoms with Crippen molar-refractivity contribution >= 4 is 11.1 Å². The summed E-state index contributed by atoms with van der Waals surface area (Å²) in [5.74, 6) is 2.06. The summed E-state index contributed by atoms with van der Waals surface area (Å²) >= 11 is 0. The molecule has 0 aromatic heterocycles. The zero-order valence-corrected chi connectivity index (χ0v) is 22.3. The van der Waals surface area contributed by atoms with Crippen LogP contribution in [0.15, 0.2) is 78.6 Å². The van der Waals surface area contributed by atoms with Crippen molar-refractivity contribution < 1.29 is 17.9 Å². The topological polar surface area (TPSA) is 9.23 Å². The van der Waals surface area contributed by atoms with Crippen molar-refractivity contribution in [2.24, 2.45) is 17.8 Å². The van der Waals surface area contributed by atoms with Gasteiger partial charge in [0.05, 0.1) is 7.11 Å². The molecule has 0 spiro atoms. The van der Waals surface area contributed by atoms with Crippen molar-refractivity contribution in [1.82, 2.24) is 0 Å². The number of alkyl halides is 2. The quantitative estimate of drug-likeness (QED) is 0.346. The average Bonchev–Trinajstić information content (AvgIpc) is 2.95. The van der Waals surface area contributed by atoms with Gasteiger partial charge in [0, 0.05) is 5.56 Å². The summed E-state index contributed by atoms with van der Waals surface area (Å²) in [6, 6.07) is 12.6. The number of ether oxygens (including phenoxy) is 1. The molecule has 1 fully saturated rings. The molecule has 0 radical (unpaired) electrons. The van der Waals surface area contributed by atoms with Crippen molar-refractivity contribution in [3.8, 4) is 11.1 Å². The number of allylic oxidation sites excluding steroid dienone is 8. The molecule has 3 unspecified atom stereocenters. The molecule has 0 amide bonds. The monoisotopic (exact) mass is 518 g/mol. The summed E-state index contributed by atoms with van der Waals surface area (Å²) < 4.78 is 49.0. The molecule has 0 saturated heterocycles. The first-order valence-corrected chi connectivity index (χ1v) is 13.9. The molecule has 1 nitrogen and oxygen atoms in total. The Morgan fingerprint density at radius 2 is 1.53 bits per heavy atom. The zero-order chi connectivity index (χ0) is 26.6. The molecule has 0 bridgehead atoms. The molecular weight excluding hydrogens is 481 g/mol. The third-order valence-corrected chi connectivity index (χ3v) is 8.75. The van der Waals surface area contributed by atoms with Gasteiger partial charge in [-0.05, 0) is 110 Å². The minimum absolute atomic E-state index is 0.00997. The van der Waals surface area contributed by atoms with Crippen molar-refractivity contribution in [1.29, 1.82) is 0 Å². The van der Waals surface area contributed by atoms with E-state index in [1.165, 1.54) is 38.9 Å². The summed E-state index contributed by atoms with van der Waals surface area (Å²) in [6.07, 6.45) is 14.6. The molecular formula is C34H37F3O. The van der Waals surface area contributed by atoms with Gasteiger partial charge in [0.2, 0.25) is 0 Å². The van der Waals surface area contributed by atoms with Gasteiger partial charge in [-0.15, -0.1) is 0 Å². The van der Waals surface area contributed by atoms with E-state index in [4.69, 9.17) is 4.74 Å². The number of halogens is 3. The average molecular weight is 519 g/mol. The molecule has 0 N–H and O–H groups in total. The molecule has 3 atom stereocenters. The number of rotatable bonds is 6. The van der Waals surface area contributed by atoms with Gasteiger partial charge >= 0.3 is 0 Å². The van der Waals surface area contributed by atoms with Crippen LogP contribution in [0.3, 0.4) is 0 Å². The molecule has 200 valence electrons.